The highest BCUT2D eigenvalue weighted by Gasteiger charge is 2.33. The van der Waals surface area contributed by atoms with Gasteiger partial charge in [-0.2, -0.15) is 0 Å². The van der Waals surface area contributed by atoms with Crippen molar-refractivity contribution in [2.45, 2.75) is 51.1 Å². The molecule has 1 aromatic carbocycles. The van der Waals surface area contributed by atoms with Crippen LogP contribution in [0.3, 0.4) is 0 Å². The number of nitrogens with two attached hydrogens (primary N) is 1. The molecule has 0 atom stereocenters. The summed E-state index contributed by atoms with van der Waals surface area (Å²) >= 11 is 0. The minimum Gasteiger partial charge on any atom is -0.368 e. The van der Waals surface area contributed by atoms with E-state index in [0.29, 0.717) is 0 Å². The number of benzene rings is 1. The summed E-state index contributed by atoms with van der Waals surface area (Å²) in [5.74, 6) is 0. The smallest absolute Gasteiger partial charge is 0.0453 e. The zero-order valence-electron chi connectivity index (χ0n) is 10.9. The Kier molecular flexibility index (Phi) is 2.44. The molecule has 0 spiro atoms. The third-order valence-corrected chi connectivity index (χ3v) is 4.24. The van der Waals surface area contributed by atoms with Crippen molar-refractivity contribution in [2.24, 2.45) is 5.73 Å². The van der Waals surface area contributed by atoms with E-state index in [1.165, 1.54) is 49.0 Å². The number of fused-ring (bicyclic) bond motifs is 1. The topological polar surface area (TPSA) is 29.3 Å². The Balaban J connectivity index is 2.05. The molecule has 2 aliphatic rings. The second-order valence-electron chi connectivity index (χ2n) is 6.06. The normalized spacial score (nSPS) is 20.3. The monoisotopic (exact) mass is 230 g/mol. The van der Waals surface area contributed by atoms with Crippen LogP contribution in [0.1, 0.15) is 44.2 Å². The molecule has 3 rings (SSSR count). The molecule has 2 heteroatoms. The maximum absolute atomic E-state index is 6.32. The van der Waals surface area contributed by atoms with Gasteiger partial charge in [0.15, 0.2) is 0 Å². The number of para-hydroxylation sites is 1. The van der Waals surface area contributed by atoms with Crippen LogP contribution in [0.25, 0.3) is 0 Å². The molecule has 2 N–H and O–H groups in total. The summed E-state index contributed by atoms with van der Waals surface area (Å²) in [6, 6.07) is 7.41. The highest BCUT2D eigenvalue weighted by Crippen LogP contribution is 2.41. The zero-order chi connectivity index (χ0) is 12.0. The predicted molar refractivity (Wildman–Crippen MR) is 72.3 cm³/mol. The molecule has 1 aliphatic heterocycles. The number of rotatable bonds is 2. The average Bonchev–Trinajstić information content (AvgIpc) is 2.58. The molecule has 0 unspecified atom stereocenters. The SMILES string of the molecule is CC(C)(N)c1cccc2c1N(C1CCC1)CC2. The Labute approximate surface area is 104 Å². The summed E-state index contributed by atoms with van der Waals surface area (Å²) in [6.07, 6.45) is 5.30. The van der Waals surface area contributed by atoms with Crippen LogP contribution in [0.15, 0.2) is 18.2 Å². The zero-order valence-corrected chi connectivity index (χ0v) is 10.9. The molecule has 0 aromatic heterocycles. The van der Waals surface area contributed by atoms with Crippen molar-refractivity contribution < 1.29 is 0 Å². The van der Waals surface area contributed by atoms with Crippen molar-refractivity contribution in [2.75, 3.05) is 11.4 Å². The third kappa shape index (κ3) is 1.75. The van der Waals surface area contributed by atoms with E-state index in [4.69, 9.17) is 5.73 Å². The first kappa shape index (κ1) is 11.1. The van der Waals surface area contributed by atoms with Gasteiger partial charge in [0.1, 0.15) is 0 Å². The summed E-state index contributed by atoms with van der Waals surface area (Å²) in [4.78, 5) is 2.61. The minimum absolute atomic E-state index is 0.238. The number of nitrogens with zero attached hydrogens (tertiary/aromatic N) is 1. The number of hydrogen-bond acceptors (Lipinski definition) is 2. The van der Waals surface area contributed by atoms with Crippen LogP contribution in [0.4, 0.5) is 5.69 Å². The molecule has 17 heavy (non-hydrogen) atoms. The van der Waals surface area contributed by atoms with Crippen molar-refractivity contribution in [3.63, 3.8) is 0 Å². The molecular formula is C15H22N2. The standard InChI is InChI=1S/C15H22N2/c1-15(2,16)13-8-3-5-11-9-10-17(14(11)13)12-6-4-7-12/h3,5,8,12H,4,6-7,9-10,16H2,1-2H3. The van der Waals surface area contributed by atoms with Gasteiger partial charge in [0.05, 0.1) is 0 Å². The summed E-state index contributed by atoms with van der Waals surface area (Å²) in [5, 5.41) is 0. The van der Waals surface area contributed by atoms with Crippen molar-refractivity contribution in [3.05, 3.63) is 29.3 Å². The molecule has 1 saturated carbocycles. The van der Waals surface area contributed by atoms with E-state index in [1.807, 2.05) is 0 Å². The molecule has 1 heterocycles. The first-order valence-corrected chi connectivity index (χ1v) is 6.75. The van der Waals surface area contributed by atoms with Gasteiger partial charge >= 0.3 is 0 Å². The molecule has 2 nitrogen and oxygen atoms in total. The van der Waals surface area contributed by atoms with Crippen LogP contribution < -0.4 is 10.6 Å². The van der Waals surface area contributed by atoms with Crippen LogP contribution in [0, 0.1) is 0 Å². The lowest BCUT2D eigenvalue weighted by molar-refractivity contribution is 0.390. The van der Waals surface area contributed by atoms with Crippen LogP contribution in [0.5, 0.6) is 0 Å². The number of anilines is 1. The Bertz CT molecular complexity index is 427. The Hall–Kier alpha value is -1.02. The Morgan fingerprint density at radius 2 is 2.06 bits per heavy atom. The van der Waals surface area contributed by atoms with Crippen molar-refractivity contribution in [1.29, 1.82) is 0 Å². The van der Waals surface area contributed by atoms with Gasteiger partial charge in [0.25, 0.3) is 0 Å². The molecular weight excluding hydrogens is 208 g/mol. The third-order valence-electron chi connectivity index (χ3n) is 4.24. The van der Waals surface area contributed by atoms with Gasteiger partial charge in [-0.05, 0) is 50.7 Å². The van der Waals surface area contributed by atoms with Gasteiger partial charge in [-0.25, -0.2) is 0 Å². The molecule has 0 radical (unpaired) electrons. The van der Waals surface area contributed by atoms with Crippen LogP contribution >= 0.6 is 0 Å². The van der Waals surface area contributed by atoms with Gasteiger partial charge in [-0.15, -0.1) is 0 Å². The Morgan fingerprint density at radius 3 is 2.65 bits per heavy atom. The fraction of sp³-hybridized carbons (Fsp3) is 0.600. The first-order valence-electron chi connectivity index (χ1n) is 6.75. The molecule has 0 saturated heterocycles. The lowest BCUT2D eigenvalue weighted by Gasteiger charge is -2.39. The largest absolute Gasteiger partial charge is 0.368 e. The molecule has 1 aliphatic carbocycles. The second kappa shape index (κ2) is 3.74. The van der Waals surface area contributed by atoms with Gasteiger partial charge in [0.2, 0.25) is 0 Å². The van der Waals surface area contributed by atoms with Crippen LogP contribution in [0.2, 0.25) is 0 Å². The van der Waals surface area contributed by atoms with Gasteiger partial charge in [-0.3, -0.25) is 0 Å². The summed E-state index contributed by atoms with van der Waals surface area (Å²) in [6.45, 7) is 5.41. The van der Waals surface area contributed by atoms with E-state index in [2.05, 4.69) is 36.9 Å². The summed E-state index contributed by atoms with van der Waals surface area (Å²) in [7, 11) is 0. The maximum atomic E-state index is 6.32. The fourth-order valence-corrected chi connectivity index (χ4v) is 3.07. The molecule has 92 valence electrons. The van der Waals surface area contributed by atoms with E-state index >= 15 is 0 Å². The quantitative estimate of drug-likeness (QED) is 0.846. The fourth-order valence-electron chi connectivity index (χ4n) is 3.07. The van der Waals surface area contributed by atoms with E-state index in [-0.39, 0.29) is 5.54 Å². The second-order valence-corrected chi connectivity index (χ2v) is 6.06. The van der Waals surface area contributed by atoms with Crippen molar-refractivity contribution >= 4 is 5.69 Å². The van der Waals surface area contributed by atoms with Crippen molar-refractivity contribution in [3.8, 4) is 0 Å². The first-order chi connectivity index (χ1) is 8.07. The summed E-state index contributed by atoms with van der Waals surface area (Å²) < 4.78 is 0. The van der Waals surface area contributed by atoms with E-state index in [1.54, 1.807) is 0 Å². The maximum Gasteiger partial charge on any atom is 0.0453 e. The van der Waals surface area contributed by atoms with Gasteiger partial charge < -0.3 is 10.6 Å². The molecule has 0 bridgehead atoms. The highest BCUT2D eigenvalue weighted by molar-refractivity contribution is 5.66. The molecule has 1 aromatic rings. The molecule has 1 fully saturated rings. The van der Waals surface area contributed by atoms with Crippen LogP contribution in [-0.2, 0) is 12.0 Å². The lowest BCUT2D eigenvalue weighted by Crippen LogP contribution is -2.41. The van der Waals surface area contributed by atoms with Crippen LogP contribution in [-0.4, -0.2) is 12.6 Å². The van der Waals surface area contributed by atoms with E-state index in [0.717, 1.165) is 6.04 Å². The lowest BCUT2D eigenvalue weighted by atomic mass is 9.88. The van der Waals surface area contributed by atoms with Gasteiger partial charge in [0, 0.05) is 23.8 Å². The minimum atomic E-state index is -0.238. The predicted octanol–water partition coefficient (Wildman–Crippen LogP) is 2.80. The van der Waals surface area contributed by atoms with E-state index < -0.39 is 0 Å². The Morgan fingerprint density at radius 1 is 1.29 bits per heavy atom. The molecule has 0 amide bonds. The average molecular weight is 230 g/mol. The van der Waals surface area contributed by atoms with Crippen molar-refractivity contribution in [1.82, 2.24) is 0 Å². The van der Waals surface area contributed by atoms with Gasteiger partial charge in [-0.1, -0.05) is 18.2 Å². The highest BCUT2D eigenvalue weighted by atomic mass is 15.2. The number of hydrogen-bond donors (Lipinski definition) is 1. The summed E-state index contributed by atoms with van der Waals surface area (Å²) in [5.41, 5.74) is 10.3. The van der Waals surface area contributed by atoms with E-state index in [9.17, 15) is 0 Å².